The lowest BCUT2D eigenvalue weighted by atomic mass is 10.3. The first-order chi connectivity index (χ1) is 9.65. The molecule has 106 valence electrons. The van der Waals surface area contributed by atoms with Crippen LogP contribution in [0.3, 0.4) is 0 Å². The smallest absolute Gasteiger partial charge is 0.356 e. The fraction of sp³-hybridized carbons (Fsp3) is 0.231. The number of H-pyrrole nitrogens is 1. The van der Waals surface area contributed by atoms with Gasteiger partial charge in [-0.1, -0.05) is 11.6 Å². The van der Waals surface area contributed by atoms with E-state index in [0.29, 0.717) is 34.2 Å². The van der Waals surface area contributed by atoms with Gasteiger partial charge in [-0.2, -0.15) is 0 Å². The standard InChI is InChI=1S/C13H12ClIN2O3/c14-9-2-4-10(5-3-9)19-6-1-7-20-12(18)11-8-16-13(15)17-11/h2-5,8H,1,6-7H2,(H,16,17). The molecule has 7 heteroatoms. The van der Waals surface area contributed by atoms with Crippen LogP contribution in [0.5, 0.6) is 5.75 Å². The van der Waals surface area contributed by atoms with Crippen LogP contribution in [0, 0.1) is 3.83 Å². The fourth-order valence-corrected chi connectivity index (χ4v) is 1.98. The molecule has 0 spiro atoms. The number of hydrogen-bond acceptors (Lipinski definition) is 4. The van der Waals surface area contributed by atoms with Crippen molar-refractivity contribution in [1.82, 2.24) is 9.97 Å². The average Bonchev–Trinajstić information content (AvgIpc) is 2.87. The lowest BCUT2D eigenvalue weighted by Crippen LogP contribution is -2.09. The van der Waals surface area contributed by atoms with E-state index in [1.54, 1.807) is 24.3 Å². The molecule has 0 radical (unpaired) electrons. The minimum absolute atomic E-state index is 0.294. The Morgan fingerprint density at radius 3 is 2.70 bits per heavy atom. The Morgan fingerprint density at radius 2 is 2.05 bits per heavy atom. The lowest BCUT2D eigenvalue weighted by molar-refractivity contribution is 0.0479. The third kappa shape index (κ3) is 4.68. The van der Waals surface area contributed by atoms with E-state index in [2.05, 4.69) is 9.97 Å². The van der Waals surface area contributed by atoms with Gasteiger partial charge in [0.25, 0.3) is 0 Å². The summed E-state index contributed by atoms with van der Waals surface area (Å²) in [5.41, 5.74) is 0.355. The summed E-state index contributed by atoms with van der Waals surface area (Å²) in [5.74, 6) is 0.329. The molecule has 0 saturated carbocycles. The lowest BCUT2D eigenvalue weighted by Gasteiger charge is -2.06. The number of halogens is 2. The monoisotopic (exact) mass is 406 g/mol. The van der Waals surface area contributed by atoms with Gasteiger partial charge in [0.05, 0.1) is 19.4 Å². The Morgan fingerprint density at radius 1 is 1.30 bits per heavy atom. The van der Waals surface area contributed by atoms with Crippen molar-refractivity contribution in [2.24, 2.45) is 0 Å². The van der Waals surface area contributed by atoms with Crippen LogP contribution in [-0.4, -0.2) is 29.2 Å². The second kappa shape index (κ2) is 7.49. The van der Waals surface area contributed by atoms with Crippen LogP contribution in [0.4, 0.5) is 0 Å². The molecule has 0 aliphatic carbocycles. The number of nitrogens with one attached hydrogen (secondary N) is 1. The van der Waals surface area contributed by atoms with Gasteiger partial charge in [0.15, 0.2) is 3.83 Å². The molecule has 0 saturated heterocycles. The van der Waals surface area contributed by atoms with Crippen molar-refractivity contribution in [2.75, 3.05) is 13.2 Å². The number of nitrogens with zero attached hydrogens (tertiary/aromatic N) is 1. The SMILES string of the molecule is O=C(OCCCOc1ccc(Cl)cc1)c1cnc(I)[nH]1. The van der Waals surface area contributed by atoms with E-state index < -0.39 is 5.97 Å². The van der Waals surface area contributed by atoms with Gasteiger partial charge in [-0.25, -0.2) is 9.78 Å². The van der Waals surface area contributed by atoms with Crippen molar-refractivity contribution in [3.05, 3.63) is 45.0 Å². The van der Waals surface area contributed by atoms with Crippen LogP contribution < -0.4 is 4.74 Å². The Bertz CT molecular complexity index is 571. The minimum Gasteiger partial charge on any atom is -0.493 e. The van der Waals surface area contributed by atoms with Crippen LogP contribution >= 0.6 is 34.2 Å². The Kier molecular flexibility index (Phi) is 5.66. The van der Waals surface area contributed by atoms with Crippen molar-refractivity contribution < 1.29 is 14.3 Å². The third-order valence-corrected chi connectivity index (χ3v) is 3.17. The molecule has 0 unspecified atom stereocenters. The predicted octanol–water partition coefficient (Wildman–Crippen LogP) is 3.29. The normalized spacial score (nSPS) is 10.3. The number of ether oxygens (including phenoxy) is 2. The van der Waals surface area contributed by atoms with Crippen LogP contribution in [0.1, 0.15) is 16.9 Å². The van der Waals surface area contributed by atoms with Crippen molar-refractivity contribution in [3.63, 3.8) is 0 Å². The summed E-state index contributed by atoms with van der Waals surface area (Å²) < 4.78 is 11.2. The maximum atomic E-state index is 11.6. The van der Waals surface area contributed by atoms with Crippen molar-refractivity contribution in [2.45, 2.75) is 6.42 Å². The predicted molar refractivity (Wildman–Crippen MR) is 83.2 cm³/mol. The third-order valence-electron chi connectivity index (χ3n) is 2.37. The molecule has 0 aliphatic heterocycles. The first-order valence-corrected chi connectivity index (χ1v) is 7.37. The van der Waals surface area contributed by atoms with Crippen LogP contribution in [-0.2, 0) is 4.74 Å². The van der Waals surface area contributed by atoms with E-state index in [0.717, 1.165) is 5.75 Å². The number of hydrogen-bond donors (Lipinski definition) is 1. The highest BCUT2D eigenvalue weighted by Crippen LogP contribution is 2.15. The summed E-state index contributed by atoms with van der Waals surface area (Å²) in [6.07, 6.45) is 2.06. The van der Waals surface area contributed by atoms with Gasteiger partial charge in [-0.05, 0) is 46.9 Å². The molecule has 0 aliphatic rings. The van der Waals surface area contributed by atoms with Gasteiger partial charge in [-0.15, -0.1) is 0 Å². The number of imidazole rings is 1. The van der Waals surface area contributed by atoms with Crippen LogP contribution in [0.2, 0.25) is 5.02 Å². The zero-order valence-electron chi connectivity index (χ0n) is 10.4. The van der Waals surface area contributed by atoms with Crippen molar-refractivity contribution >= 4 is 40.2 Å². The van der Waals surface area contributed by atoms with Gasteiger partial charge in [0, 0.05) is 11.4 Å². The number of aromatic amines is 1. The molecule has 20 heavy (non-hydrogen) atoms. The topological polar surface area (TPSA) is 64.2 Å². The molecule has 0 atom stereocenters. The summed E-state index contributed by atoms with van der Waals surface area (Å²) in [4.78, 5) is 18.3. The van der Waals surface area contributed by atoms with Gasteiger partial charge in [-0.3, -0.25) is 0 Å². The molecule has 0 bridgehead atoms. The largest absolute Gasteiger partial charge is 0.493 e. The first kappa shape index (κ1) is 15.1. The second-order valence-electron chi connectivity index (χ2n) is 3.88. The Balaban J connectivity index is 1.64. The number of carbonyl (C=O) groups excluding carboxylic acids is 1. The van der Waals surface area contributed by atoms with E-state index in [1.807, 2.05) is 22.6 Å². The molecule has 1 N–H and O–H groups in total. The number of esters is 1. The van der Waals surface area contributed by atoms with Crippen molar-refractivity contribution in [3.8, 4) is 5.75 Å². The van der Waals surface area contributed by atoms with Gasteiger partial charge in [0.2, 0.25) is 0 Å². The number of carbonyl (C=O) groups is 1. The number of benzene rings is 1. The molecular formula is C13H12ClIN2O3. The average molecular weight is 407 g/mol. The molecule has 5 nitrogen and oxygen atoms in total. The summed E-state index contributed by atoms with van der Waals surface area (Å²) in [7, 11) is 0. The molecule has 1 aromatic carbocycles. The molecule has 0 fully saturated rings. The van der Waals surface area contributed by atoms with Crippen molar-refractivity contribution in [1.29, 1.82) is 0 Å². The zero-order valence-corrected chi connectivity index (χ0v) is 13.3. The minimum atomic E-state index is -0.410. The molecule has 2 rings (SSSR count). The van der Waals surface area contributed by atoms with Crippen LogP contribution in [0.15, 0.2) is 30.5 Å². The molecule has 1 heterocycles. The maximum Gasteiger partial charge on any atom is 0.356 e. The summed E-state index contributed by atoms with van der Waals surface area (Å²) in [6, 6.07) is 7.11. The summed E-state index contributed by atoms with van der Waals surface area (Å²) >= 11 is 7.76. The van der Waals surface area contributed by atoms with E-state index in [1.165, 1.54) is 6.20 Å². The molecule has 0 amide bonds. The highest BCUT2D eigenvalue weighted by atomic mass is 127. The molecular weight excluding hydrogens is 395 g/mol. The number of rotatable bonds is 6. The summed E-state index contributed by atoms with van der Waals surface area (Å²) in [5, 5.41) is 0.667. The second-order valence-corrected chi connectivity index (χ2v) is 5.34. The number of aromatic nitrogens is 2. The van der Waals surface area contributed by atoms with E-state index in [9.17, 15) is 4.79 Å². The molecule has 1 aromatic heterocycles. The zero-order chi connectivity index (χ0) is 14.4. The highest BCUT2D eigenvalue weighted by Gasteiger charge is 2.09. The van der Waals surface area contributed by atoms with Gasteiger partial charge >= 0.3 is 5.97 Å². The summed E-state index contributed by atoms with van der Waals surface area (Å²) in [6.45, 7) is 0.761. The highest BCUT2D eigenvalue weighted by molar-refractivity contribution is 14.1. The van der Waals surface area contributed by atoms with E-state index in [4.69, 9.17) is 21.1 Å². The first-order valence-electron chi connectivity index (χ1n) is 5.91. The Labute approximate surface area is 134 Å². The van der Waals surface area contributed by atoms with Gasteiger partial charge < -0.3 is 14.5 Å². The van der Waals surface area contributed by atoms with E-state index >= 15 is 0 Å². The maximum absolute atomic E-state index is 11.6. The van der Waals surface area contributed by atoms with Crippen LogP contribution in [0.25, 0.3) is 0 Å². The van der Waals surface area contributed by atoms with Gasteiger partial charge in [0.1, 0.15) is 11.4 Å². The Hall–Kier alpha value is -1.28. The molecule has 2 aromatic rings. The fourth-order valence-electron chi connectivity index (χ4n) is 1.42. The quantitative estimate of drug-likeness (QED) is 0.454. The van der Waals surface area contributed by atoms with E-state index in [-0.39, 0.29) is 0 Å².